The highest BCUT2D eigenvalue weighted by atomic mass is 16.5. The third-order valence-electron chi connectivity index (χ3n) is 6.82. The van der Waals surface area contributed by atoms with E-state index in [1.54, 1.807) is 0 Å². The van der Waals surface area contributed by atoms with E-state index in [0.717, 1.165) is 38.6 Å². The van der Waals surface area contributed by atoms with E-state index in [9.17, 15) is 5.11 Å². The van der Waals surface area contributed by atoms with Gasteiger partial charge < -0.3 is 25.0 Å². The van der Waals surface area contributed by atoms with Gasteiger partial charge in [0, 0.05) is 32.7 Å². The van der Waals surface area contributed by atoms with Crippen molar-refractivity contribution in [3.63, 3.8) is 0 Å². The van der Waals surface area contributed by atoms with Crippen LogP contribution in [0.25, 0.3) is 0 Å². The molecule has 3 atom stereocenters. The fourth-order valence-corrected chi connectivity index (χ4v) is 4.82. The van der Waals surface area contributed by atoms with Crippen molar-refractivity contribution >= 4 is 11.9 Å². The molecule has 1 saturated carbocycles. The molecule has 4 aliphatic rings. The highest BCUT2D eigenvalue weighted by molar-refractivity contribution is 6.27. The van der Waals surface area contributed by atoms with Crippen LogP contribution in [0.3, 0.4) is 0 Å². The molecule has 30 heavy (non-hydrogen) atoms. The van der Waals surface area contributed by atoms with Crippen molar-refractivity contribution in [2.24, 2.45) is 17.3 Å². The summed E-state index contributed by atoms with van der Waals surface area (Å²) in [5.41, 5.74) is 1.94. The van der Waals surface area contributed by atoms with Gasteiger partial charge in [0.05, 0.1) is 19.3 Å². The number of rotatable bonds is 8. The summed E-state index contributed by atoms with van der Waals surface area (Å²) in [6, 6.07) is 0. The molecular weight excluding hydrogens is 388 g/mol. The van der Waals surface area contributed by atoms with E-state index >= 15 is 0 Å². The molecule has 0 aromatic carbocycles. The predicted octanol–water partition coefficient (Wildman–Crippen LogP) is 1.54. The van der Waals surface area contributed by atoms with E-state index in [1.807, 2.05) is 0 Å². The van der Waals surface area contributed by atoms with E-state index in [0.29, 0.717) is 24.5 Å². The molecular formula is C22H38N2O6. The largest absolute Gasteiger partial charge is 0.473 e. The number of nitrogens with zero attached hydrogens (tertiary/aromatic N) is 2. The maximum atomic E-state index is 10.3. The van der Waals surface area contributed by atoms with Crippen LogP contribution in [-0.2, 0) is 14.3 Å². The normalized spacial score (nSPS) is 26.6. The van der Waals surface area contributed by atoms with Crippen LogP contribution in [0.4, 0.5) is 0 Å². The number of piperazine rings is 1. The third-order valence-corrected chi connectivity index (χ3v) is 6.82. The molecule has 8 heteroatoms. The molecule has 0 aromatic rings. The molecule has 3 N–H and O–H groups in total. The van der Waals surface area contributed by atoms with Gasteiger partial charge in [0.25, 0.3) is 0 Å². The average molecular weight is 427 g/mol. The SMILES string of the molecule is CCCN1CCN(CC(O)COCC2=CCC3CC2C3(C)C)CC1.O=C(O)C(=O)O. The zero-order chi connectivity index (χ0) is 22.3. The smallest absolute Gasteiger partial charge is 0.414 e. The third kappa shape index (κ3) is 6.77. The Bertz CT molecular complexity index is 601. The standard InChI is InChI=1S/C20H36N2O2.C2H2O4/c1-4-7-21-8-10-22(11-9-21)13-18(23)15-24-14-16-5-6-17-12-19(16)20(17,2)3;3-1(4)2(5)6/h5,17-19,23H,4,6-15H2,1-3H3;(H,3,4)(H,5,6). The first-order valence-corrected chi connectivity index (χ1v) is 11.0. The van der Waals surface area contributed by atoms with Crippen LogP contribution < -0.4 is 0 Å². The number of carbonyl (C=O) groups is 2. The Labute approximate surface area is 179 Å². The van der Waals surface area contributed by atoms with Crippen LogP contribution in [0.1, 0.15) is 40.0 Å². The summed E-state index contributed by atoms with van der Waals surface area (Å²) in [6.45, 7) is 14.5. The van der Waals surface area contributed by atoms with Crippen molar-refractivity contribution in [2.45, 2.75) is 46.1 Å². The molecule has 0 aromatic heterocycles. The maximum Gasteiger partial charge on any atom is 0.414 e. The molecule has 2 bridgehead atoms. The summed E-state index contributed by atoms with van der Waals surface area (Å²) in [5, 5.41) is 25.1. The first-order chi connectivity index (χ1) is 14.1. The molecule has 0 amide bonds. The lowest BCUT2D eigenvalue weighted by Crippen LogP contribution is -2.49. The molecule has 4 rings (SSSR count). The van der Waals surface area contributed by atoms with Gasteiger partial charge in [-0.25, -0.2) is 9.59 Å². The van der Waals surface area contributed by atoms with E-state index < -0.39 is 11.9 Å². The predicted molar refractivity (Wildman–Crippen MR) is 113 cm³/mol. The van der Waals surface area contributed by atoms with Crippen molar-refractivity contribution in [3.05, 3.63) is 11.6 Å². The van der Waals surface area contributed by atoms with Gasteiger partial charge in [0.1, 0.15) is 0 Å². The first-order valence-electron chi connectivity index (χ1n) is 11.0. The van der Waals surface area contributed by atoms with Gasteiger partial charge in [0.2, 0.25) is 0 Å². The number of carboxylic acids is 2. The number of ether oxygens (including phenoxy) is 1. The number of aliphatic hydroxyl groups excluding tert-OH is 1. The fraction of sp³-hybridized carbons (Fsp3) is 0.818. The summed E-state index contributed by atoms with van der Waals surface area (Å²) in [5.74, 6) is -2.06. The number of aliphatic hydroxyl groups is 1. The van der Waals surface area contributed by atoms with Crippen molar-refractivity contribution in [1.82, 2.24) is 9.80 Å². The molecule has 0 spiro atoms. The second-order valence-electron chi connectivity index (χ2n) is 9.24. The zero-order valence-corrected chi connectivity index (χ0v) is 18.5. The molecule has 2 fully saturated rings. The van der Waals surface area contributed by atoms with Gasteiger partial charge in [-0.2, -0.15) is 0 Å². The van der Waals surface area contributed by atoms with Crippen LogP contribution in [0.5, 0.6) is 0 Å². The summed E-state index contributed by atoms with van der Waals surface area (Å²) in [4.78, 5) is 23.1. The van der Waals surface area contributed by atoms with Gasteiger partial charge in [-0.3, -0.25) is 4.90 Å². The van der Waals surface area contributed by atoms with Crippen LogP contribution in [0.2, 0.25) is 0 Å². The number of aliphatic carboxylic acids is 2. The van der Waals surface area contributed by atoms with Crippen molar-refractivity contribution < 1.29 is 29.6 Å². The Balaban J connectivity index is 0.000000469. The molecule has 1 heterocycles. The molecule has 8 nitrogen and oxygen atoms in total. The molecule has 1 aliphatic heterocycles. The number of allylic oxidation sites excluding steroid dienone is 1. The molecule has 3 aliphatic carbocycles. The van der Waals surface area contributed by atoms with E-state index in [4.69, 9.17) is 24.5 Å². The number of hydrogen-bond donors (Lipinski definition) is 3. The number of carboxylic acid groups (broad SMARTS) is 2. The summed E-state index contributed by atoms with van der Waals surface area (Å²) in [7, 11) is 0. The Hall–Kier alpha value is -1.48. The summed E-state index contributed by atoms with van der Waals surface area (Å²) >= 11 is 0. The van der Waals surface area contributed by atoms with Crippen molar-refractivity contribution in [3.8, 4) is 0 Å². The van der Waals surface area contributed by atoms with Gasteiger partial charge in [-0.1, -0.05) is 26.8 Å². The fourth-order valence-electron chi connectivity index (χ4n) is 4.82. The van der Waals surface area contributed by atoms with Gasteiger partial charge in [-0.15, -0.1) is 0 Å². The van der Waals surface area contributed by atoms with E-state index in [2.05, 4.69) is 36.6 Å². The second-order valence-corrected chi connectivity index (χ2v) is 9.24. The maximum absolute atomic E-state index is 10.3. The highest BCUT2D eigenvalue weighted by Crippen LogP contribution is 2.59. The minimum atomic E-state index is -1.82. The Morgan fingerprint density at radius 2 is 1.77 bits per heavy atom. The lowest BCUT2D eigenvalue weighted by atomic mass is 9.49. The monoisotopic (exact) mass is 426 g/mol. The second kappa shape index (κ2) is 11.2. The lowest BCUT2D eigenvalue weighted by molar-refractivity contribution is -0.159. The van der Waals surface area contributed by atoms with E-state index in [1.165, 1.54) is 31.4 Å². The summed E-state index contributed by atoms with van der Waals surface area (Å²) < 4.78 is 5.87. The molecule has 3 unspecified atom stereocenters. The molecule has 172 valence electrons. The zero-order valence-electron chi connectivity index (χ0n) is 18.5. The minimum Gasteiger partial charge on any atom is -0.473 e. The number of β-amino-alcohol motifs (C(OH)–C–C–N with tert-alkyl or cyclic N) is 1. The van der Waals surface area contributed by atoms with Gasteiger partial charge in [0.15, 0.2) is 0 Å². The van der Waals surface area contributed by atoms with Crippen LogP contribution in [-0.4, -0.2) is 95.6 Å². The Morgan fingerprint density at radius 1 is 1.17 bits per heavy atom. The first kappa shape index (κ1) is 24.8. The quantitative estimate of drug-likeness (QED) is 0.396. The number of hydrogen-bond acceptors (Lipinski definition) is 6. The van der Waals surface area contributed by atoms with Gasteiger partial charge >= 0.3 is 11.9 Å². The van der Waals surface area contributed by atoms with Crippen molar-refractivity contribution in [2.75, 3.05) is 52.5 Å². The number of fused-ring (bicyclic) bond motifs is 1. The van der Waals surface area contributed by atoms with Crippen LogP contribution in [0.15, 0.2) is 11.6 Å². The Morgan fingerprint density at radius 3 is 2.27 bits per heavy atom. The lowest BCUT2D eigenvalue weighted by Gasteiger charge is -2.56. The topological polar surface area (TPSA) is 111 Å². The molecule has 0 radical (unpaired) electrons. The van der Waals surface area contributed by atoms with Crippen LogP contribution in [0, 0.1) is 17.3 Å². The molecule has 1 saturated heterocycles. The Kier molecular flexibility index (Phi) is 9.28. The summed E-state index contributed by atoms with van der Waals surface area (Å²) in [6.07, 6.45) is 5.81. The highest BCUT2D eigenvalue weighted by Gasteiger charge is 2.50. The van der Waals surface area contributed by atoms with Gasteiger partial charge in [-0.05, 0) is 48.6 Å². The minimum absolute atomic E-state index is 0.367. The van der Waals surface area contributed by atoms with Crippen molar-refractivity contribution in [1.29, 1.82) is 0 Å². The van der Waals surface area contributed by atoms with Crippen LogP contribution >= 0.6 is 0 Å². The van der Waals surface area contributed by atoms with E-state index in [-0.39, 0.29) is 6.10 Å². The average Bonchev–Trinajstić information content (AvgIpc) is 2.70.